The molecule has 4 nitrogen and oxygen atoms in total. The Balaban J connectivity index is 1.55. The summed E-state index contributed by atoms with van der Waals surface area (Å²) in [6.07, 6.45) is 1.93. The van der Waals surface area contributed by atoms with E-state index in [1.807, 2.05) is 91.0 Å². The van der Waals surface area contributed by atoms with Crippen molar-refractivity contribution in [3.05, 3.63) is 107 Å². The van der Waals surface area contributed by atoms with Gasteiger partial charge < -0.3 is 4.74 Å². The maximum atomic E-state index is 13.3. The molecule has 0 aliphatic carbocycles. The number of aliphatic imine (C=N–C) groups is 1. The Hall–Kier alpha value is -3.31. The van der Waals surface area contributed by atoms with Gasteiger partial charge in [-0.25, -0.2) is 0 Å². The van der Waals surface area contributed by atoms with E-state index < -0.39 is 0 Å². The third kappa shape index (κ3) is 6.36. The summed E-state index contributed by atoms with van der Waals surface area (Å²) in [5.41, 5.74) is 3.16. The summed E-state index contributed by atoms with van der Waals surface area (Å²) in [6, 6.07) is 28.0. The van der Waals surface area contributed by atoms with Crippen molar-refractivity contribution in [2.45, 2.75) is 26.9 Å². The monoisotopic (exact) mass is 456 g/mol. The molecule has 0 radical (unpaired) electrons. The third-order valence-corrected chi connectivity index (χ3v) is 6.12. The van der Waals surface area contributed by atoms with Crippen LogP contribution in [0.15, 0.2) is 94.8 Å². The number of thioether (sulfide) groups is 1. The van der Waals surface area contributed by atoms with E-state index >= 15 is 0 Å². The Labute approximate surface area is 200 Å². The molecule has 1 heterocycles. The van der Waals surface area contributed by atoms with Crippen LogP contribution in [0.3, 0.4) is 0 Å². The average molecular weight is 457 g/mol. The van der Waals surface area contributed by atoms with Crippen LogP contribution in [-0.4, -0.2) is 22.6 Å². The summed E-state index contributed by atoms with van der Waals surface area (Å²) in [4.78, 5) is 20.6. The fourth-order valence-corrected chi connectivity index (χ4v) is 4.32. The normalized spacial score (nSPS) is 16.2. The molecule has 4 rings (SSSR count). The lowest BCUT2D eigenvalue weighted by Gasteiger charge is -2.15. The van der Waals surface area contributed by atoms with Crippen LogP contribution in [0.5, 0.6) is 5.75 Å². The standard InChI is InChI=1S/C28H28N2O2S/c1-21(2)20-32-25-15-13-22(14-16-25)17-26-27(31)30(19-24-11-7-4-8-12-24)28(33-26)29-18-23-9-5-3-6-10-23/h3-17,21H,18-20H2,1-2H3/b26-17+,29-28?. The first-order valence-corrected chi connectivity index (χ1v) is 12.0. The highest BCUT2D eigenvalue weighted by molar-refractivity contribution is 8.18. The molecule has 3 aromatic rings. The van der Waals surface area contributed by atoms with Crippen LogP contribution in [0.1, 0.15) is 30.5 Å². The van der Waals surface area contributed by atoms with Gasteiger partial charge in [-0.1, -0.05) is 86.6 Å². The largest absolute Gasteiger partial charge is 0.493 e. The number of carbonyl (C=O) groups excluding carboxylic acids is 1. The average Bonchev–Trinajstić information content (AvgIpc) is 3.12. The number of hydrogen-bond donors (Lipinski definition) is 0. The Morgan fingerprint density at radius 3 is 2.18 bits per heavy atom. The lowest BCUT2D eigenvalue weighted by molar-refractivity contribution is -0.122. The number of nitrogens with zero attached hydrogens (tertiary/aromatic N) is 2. The molecule has 1 aliphatic heterocycles. The number of benzene rings is 3. The molecule has 33 heavy (non-hydrogen) atoms. The van der Waals surface area contributed by atoms with Crippen molar-refractivity contribution in [3.8, 4) is 5.75 Å². The minimum absolute atomic E-state index is 0.0178. The topological polar surface area (TPSA) is 41.9 Å². The summed E-state index contributed by atoms with van der Waals surface area (Å²) < 4.78 is 5.77. The number of rotatable bonds is 8. The zero-order chi connectivity index (χ0) is 23.0. The predicted octanol–water partition coefficient (Wildman–Crippen LogP) is 6.39. The van der Waals surface area contributed by atoms with Gasteiger partial charge in [0.05, 0.1) is 24.6 Å². The van der Waals surface area contributed by atoms with E-state index in [1.54, 1.807) is 4.90 Å². The molecule has 3 aromatic carbocycles. The van der Waals surface area contributed by atoms with Crippen LogP contribution in [0.25, 0.3) is 6.08 Å². The van der Waals surface area contributed by atoms with Gasteiger partial charge in [0.15, 0.2) is 5.17 Å². The van der Waals surface area contributed by atoms with Gasteiger partial charge in [0.25, 0.3) is 5.91 Å². The van der Waals surface area contributed by atoms with E-state index in [9.17, 15) is 4.79 Å². The maximum absolute atomic E-state index is 13.3. The fraction of sp³-hybridized carbons (Fsp3) is 0.214. The van der Waals surface area contributed by atoms with Crippen molar-refractivity contribution in [3.63, 3.8) is 0 Å². The highest BCUT2D eigenvalue weighted by atomic mass is 32.2. The number of amidine groups is 1. The molecular formula is C28H28N2O2S. The first-order valence-electron chi connectivity index (χ1n) is 11.1. The number of carbonyl (C=O) groups is 1. The van der Waals surface area contributed by atoms with E-state index in [1.165, 1.54) is 11.8 Å². The molecule has 0 saturated carbocycles. The van der Waals surface area contributed by atoms with E-state index in [0.29, 0.717) is 30.5 Å². The Kier molecular flexibility index (Phi) is 7.63. The van der Waals surface area contributed by atoms with Crippen LogP contribution >= 0.6 is 11.8 Å². The predicted molar refractivity (Wildman–Crippen MR) is 137 cm³/mol. The lowest BCUT2D eigenvalue weighted by atomic mass is 10.2. The second kappa shape index (κ2) is 11.0. The first-order chi connectivity index (χ1) is 16.1. The van der Waals surface area contributed by atoms with Crippen LogP contribution in [0.4, 0.5) is 0 Å². The van der Waals surface area contributed by atoms with Crippen molar-refractivity contribution in [1.29, 1.82) is 0 Å². The van der Waals surface area contributed by atoms with Gasteiger partial charge in [-0.05, 0) is 52.6 Å². The summed E-state index contributed by atoms with van der Waals surface area (Å²) >= 11 is 1.43. The van der Waals surface area contributed by atoms with Crippen molar-refractivity contribution >= 4 is 28.9 Å². The van der Waals surface area contributed by atoms with Crippen LogP contribution in [-0.2, 0) is 17.9 Å². The minimum atomic E-state index is -0.0178. The summed E-state index contributed by atoms with van der Waals surface area (Å²) in [7, 11) is 0. The molecule has 0 unspecified atom stereocenters. The molecule has 0 aromatic heterocycles. The van der Waals surface area contributed by atoms with Gasteiger partial charge >= 0.3 is 0 Å². The van der Waals surface area contributed by atoms with Gasteiger partial charge in [-0.2, -0.15) is 0 Å². The lowest BCUT2D eigenvalue weighted by Crippen LogP contribution is -2.28. The Morgan fingerprint density at radius 2 is 1.55 bits per heavy atom. The number of ether oxygens (including phenoxy) is 1. The molecule has 0 N–H and O–H groups in total. The first kappa shape index (κ1) is 22.9. The van der Waals surface area contributed by atoms with E-state index in [2.05, 4.69) is 13.8 Å². The van der Waals surface area contributed by atoms with Crippen LogP contribution < -0.4 is 4.74 Å². The smallest absolute Gasteiger partial charge is 0.267 e. The van der Waals surface area contributed by atoms with E-state index in [-0.39, 0.29) is 5.91 Å². The zero-order valence-electron chi connectivity index (χ0n) is 19.0. The van der Waals surface area contributed by atoms with Crippen LogP contribution in [0, 0.1) is 5.92 Å². The molecule has 0 bridgehead atoms. The van der Waals surface area contributed by atoms with Crippen molar-refractivity contribution in [2.75, 3.05) is 6.61 Å². The molecule has 0 atom stereocenters. The quantitative estimate of drug-likeness (QED) is 0.369. The zero-order valence-corrected chi connectivity index (χ0v) is 19.8. The summed E-state index contributed by atoms with van der Waals surface area (Å²) in [5.74, 6) is 1.30. The third-order valence-electron chi connectivity index (χ3n) is 5.07. The van der Waals surface area contributed by atoms with E-state index in [0.717, 1.165) is 27.6 Å². The molecule has 0 spiro atoms. The van der Waals surface area contributed by atoms with Gasteiger partial charge in [-0.15, -0.1) is 0 Å². The van der Waals surface area contributed by atoms with Crippen molar-refractivity contribution in [2.24, 2.45) is 10.9 Å². The molecule has 1 amide bonds. The van der Waals surface area contributed by atoms with Crippen molar-refractivity contribution in [1.82, 2.24) is 4.90 Å². The Morgan fingerprint density at radius 1 is 0.909 bits per heavy atom. The molecule has 1 saturated heterocycles. The maximum Gasteiger partial charge on any atom is 0.267 e. The number of hydrogen-bond acceptors (Lipinski definition) is 4. The fourth-order valence-electron chi connectivity index (χ4n) is 3.35. The second-order valence-electron chi connectivity index (χ2n) is 8.35. The summed E-state index contributed by atoms with van der Waals surface area (Å²) in [5, 5.41) is 0.732. The summed E-state index contributed by atoms with van der Waals surface area (Å²) in [6.45, 7) is 5.97. The van der Waals surface area contributed by atoms with Crippen molar-refractivity contribution < 1.29 is 9.53 Å². The SMILES string of the molecule is CC(C)COc1ccc(/C=C2/SC(=NCc3ccccc3)N(Cc3ccccc3)C2=O)cc1. The molecular weight excluding hydrogens is 428 g/mol. The molecule has 5 heteroatoms. The van der Waals surface area contributed by atoms with Gasteiger partial charge in [0, 0.05) is 0 Å². The van der Waals surface area contributed by atoms with Gasteiger partial charge in [0.1, 0.15) is 5.75 Å². The van der Waals surface area contributed by atoms with Gasteiger partial charge in [-0.3, -0.25) is 14.7 Å². The molecule has 1 fully saturated rings. The molecule has 168 valence electrons. The highest BCUT2D eigenvalue weighted by Crippen LogP contribution is 2.34. The number of amides is 1. The highest BCUT2D eigenvalue weighted by Gasteiger charge is 2.33. The second-order valence-corrected chi connectivity index (χ2v) is 9.35. The van der Waals surface area contributed by atoms with E-state index in [4.69, 9.17) is 9.73 Å². The minimum Gasteiger partial charge on any atom is -0.493 e. The Bertz CT molecular complexity index is 1120. The van der Waals surface area contributed by atoms with Crippen LogP contribution in [0.2, 0.25) is 0 Å². The van der Waals surface area contributed by atoms with Gasteiger partial charge in [0.2, 0.25) is 0 Å². The molecule has 1 aliphatic rings.